The third-order valence-electron chi connectivity index (χ3n) is 3.42. The molecule has 2 atom stereocenters. The van der Waals surface area contributed by atoms with Crippen molar-refractivity contribution in [3.05, 3.63) is 22.2 Å². The Labute approximate surface area is 130 Å². The van der Waals surface area contributed by atoms with Gasteiger partial charge in [-0.25, -0.2) is 0 Å². The summed E-state index contributed by atoms with van der Waals surface area (Å²) in [6.45, 7) is 1.67. The molecule has 0 bridgehead atoms. The zero-order valence-electron chi connectivity index (χ0n) is 11.1. The Morgan fingerprint density at radius 3 is 2.68 bits per heavy atom. The molecule has 0 radical (unpaired) electrons. The SMILES string of the molecule is COc1ccc(C(Br)C2CCCOC2)c(OC)c1Br. The molecular formula is C14H18Br2O3. The summed E-state index contributed by atoms with van der Waals surface area (Å²) in [5.74, 6) is 2.08. The van der Waals surface area contributed by atoms with Crippen LogP contribution in [0.5, 0.6) is 11.5 Å². The summed E-state index contributed by atoms with van der Waals surface area (Å²) in [5.41, 5.74) is 1.13. The van der Waals surface area contributed by atoms with Crippen LogP contribution in [0.25, 0.3) is 0 Å². The van der Waals surface area contributed by atoms with Gasteiger partial charge in [-0.3, -0.25) is 0 Å². The molecule has 19 heavy (non-hydrogen) atoms. The van der Waals surface area contributed by atoms with E-state index in [9.17, 15) is 0 Å². The first-order valence-corrected chi connectivity index (χ1v) is 8.02. The first-order chi connectivity index (χ1) is 9.19. The summed E-state index contributed by atoms with van der Waals surface area (Å²) < 4.78 is 17.3. The van der Waals surface area contributed by atoms with Gasteiger partial charge in [-0.1, -0.05) is 22.0 Å². The molecule has 0 aromatic heterocycles. The lowest BCUT2D eigenvalue weighted by molar-refractivity contribution is 0.0544. The summed E-state index contributed by atoms with van der Waals surface area (Å²) in [7, 11) is 3.33. The second-order valence-electron chi connectivity index (χ2n) is 4.58. The van der Waals surface area contributed by atoms with Crippen LogP contribution < -0.4 is 9.47 Å². The molecule has 1 aliphatic heterocycles. The van der Waals surface area contributed by atoms with Gasteiger partial charge in [0.25, 0.3) is 0 Å². The molecule has 0 aliphatic carbocycles. The molecule has 0 saturated carbocycles. The Morgan fingerprint density at radius 1 is 1.32 bits per heavy atom. The molecule has 2 rings (SSSR count). The number of hydrogen-bond donors (Lipinski definition) is 0. The van der Waals surface area contributed by atoms with Gasteiger partial charge in [-0.15, -0.1) is 0 Å². The Kier molecular flexibility index (Phi) is 5.54. The van der Waals surface area contributed by atoms with Gasteiger partial charge in [-0.2, -0.15) is 0 Å². The van der Waals surface area contributed by atoms with Crippen molar-refractivity contribution in [3.63, 3.8) is 0 Å². The number of benzene rings is 1. The van der Waals surface area contributed by atoms with E-state index in [4.69, 9.17) is 14.2 Å². The summed E-state index contributed by atoms with van der Waals surface area (Å²) in [5, 5.41) is 0. The number of methoxy groups -OCH3 is 2. The van der Waals surface area contributed by atoms with E-state index in [0.29, 0.717) is 5.92 Å². The molecule has 106 valence electrons. The Bertz CT molecular complexity index is 431. The molecule has 1 aromatic carbocycles. The van der Waals surface area contributed by atoms with E-state index in [2.05, 4.69) is 37.9 Å². The third-order valence-corrected chi connectivity index (χ3v) is 5.41. The van der Waals surface area contributed by atoms with E-state index in [1.165, 1.54) is 6.42 Å². The Morgan fingerprint density at radius 2 is 2.11 bits per heavy atom. The molecule has 0 spiro atoms. The average molecular weight is 394 g/mol. The molecule has 1 fully saturated rings. The first-order valence-electron chi connectivity index (χ1n) is 6.31. The molecule has 2 unspecified atom stereocenters. The van der Waals surface area contributed by atoms with Crippen LogP contribution >= 0.6 is 31.9 Å². The standard InChI is InChI=1S/C14H18Br2O3/c1-17-11-6-5-10(14(18-2)13(11)16)12(15)9-4-3-7-19-8-9/h5-6,9,12H,3-4,7-8H2,1-2H3. The molecule has 0 N–H and O–H groups in total. The summed E-state index contributed by atoms with van der Waals surface area (Å²) in [4.78, 5) is 0.227. The van der Waals surface area contributed by atoms with Crippen LogP contribution in [0.4, 0.5) is 0 Å². The van der Waals surface area contributed by atoms with Crippen molar-refractivity contribution < 1.29 is 14.2 Å². The third kappa shape index (κ3) is 3.26. The molecule has 1 heterocycles. The van der Waals surface area contributed by atoms with Crippen LogP contribution in [-0.2, 0) is 4.74 Å². The van der Waals surface area contributed by atoms with Crippen molar-refractivity contribution in [2.24, 2.45) is 5.92 Å². The highest BCUT2D eigenvalue weighted by Gasteiger charge is 2.27. The van der Waals surface area contributed by atoms with Crippen LogP contribution in [0.1, 0.15) is 23.2 Å². The molecule has 1 aromatic rings. The maximum absolute atomic E-state index is 5.57. The van der Waals surface area contributed by atoms with Gasteiger partial charge < -0.3 is 14.2 Å². The van der Waals surface area contributed by atoms with Gasteiger partial charge in [-0.05, 0) is 40.8 Å². The highest BCUT2D eigenvalue weighted by molar-refractivity contribution is 9.10. The molecule has 3 nitrogen and oxygen atoms in total. The van der Waals surface area contributed by atoms with Crippen LogP contribution in [0.15, 0.2) is 16.6 Å². The van der Waals surface area contributed by atoms with Gasteiger partial charge in [0.15, 0.2) is 0 Å². The largest absolute Gasteiger partial charge is 0.495 e. The Hall–Kier alpha value is -0.260. The predicted molar refractivity (Wildman–Crippen MR) is 82.5 cm³/mol. The zero-order chi connectivity index (χ0) is 13.8. The van der Waals surface area contributed by atoms with Crippen LogP contribution in [-0.4, -0.2) is 27.4 Å². The highest BCUT2D eigenvalue weighted by Crippen LogP contribution is 2.45. The van der Waals surface area contributed by atoms with E-state index >= 15 is 0 Å². The molecule has 5 heteroatoms. The monoisotopic (exact) mass is 392 g/mol. The van der Waals surface area contributed by atoms with Crippen molar-refractivity contribution in [1.82, 2.24) is 0 Å². The highest BCUT2D eigenvalue weighted by atomic mass is 79.9. The fraction of sp³-hybridized carbons (Fsp3) is 0.571. The lowest BCUT2D eigenvalue weighted by atomic mass is 9.93. The minimum Gasteiger partial charge on any atom is -0.495 e. The number of alkyl halides is 1. The quantitative estimate of drug-likeness (QED) is 0.712. The van der Waals surface area contributed by atoms with E-state index in [0.717, 1.165) is 41.2 Å². The van der Waals surface area contributed by atoms with Crippen molar-refractivity contribution in [2.75, 3.05) is 27.4 Å². The number of rotatable bonds is 4. The number of hydrogen-bond acceptors (Lipinski definition) is 3. The van der Waals surface area contributed by atoms with Crippen molar-refractivity contribution in [2.45, 2.75) is 17.7 Å². The second-order valence-corrected chi connectivity index (χ2v) is 6.36. The van der Waals surface area contributed by atoms with Gasteiger partial charge in [0.1, 0.15) is 16.0 Å². The smallest absolute Gasteiger partial charge is 0.141 e. The lowest BCUT2D eigenvalue weighted by Gasteiger charge is -2.28. The number of halogens is 2. The maximum Gasteiger partial charge on any atom is 0.141 e. The topological polar surface area (TPSA) is 27.7 Å². The van der Waals surface area contributed by atoms with Crippen molar-refractivity contribution in [3.8, 4) is 11.5 Å². The zero-order valence-corrected chi connectivity index (χ0v) is 14.3. The molecule has 0 amide bonds. The van der Waals surface area contributed by atoms with Gasteiger partial charge >= 0.3 is 0 Å². The van der Waals surface area contributed by atoms with Gasteiger partial charge in [0, 0.05) is 17.0 Å². The van der Waals surface area contributed by atoms with Gasteiger partial charge in [0.05, 0.1) is 20.8 Å². The molecule has 1 aliphatic rings. The average Bonchev–Trinajstić information content (AvgIpc) is 2.47. The Balaban J connectivity index is 2.30. The van der Waals surface area contributed by atoms with Crippen molar-refractivity contribution in [1.29, 1.82) is 0 Å². The first kappa shape index (κ1) is 15.1. The van der Waals surface area contributed by atoms with Gasteiger partial charge in [0.2, 0.25) is 0 Å². The van der Waals surface area contributed by atoms with E-state index in [-0.39, 0.29) is 4.83 Å². The predicted octanol–water partition coefficient (Wildman–Crippen LogP) is 4.33. The molecule has 1 saturated heterocycles. The second kappa shape index (κ2) is 6.95. The normalized spacial score (nSPS) is 20.9. The number of ether oxygens (including phenoxy) is 3. The van der Waals surface area contributed by atoms with E-state index in [1.807, 2.05) is 6.07 Å². The van der Waals surface area contributed by atoms with E-state index in [1.54, 1.807) is 14.2 Å². The summed E-state index contributed by atoms with van der Waals surface area (Å²) in [6.07, 6.45) is 2.29. The van der Waals surface area contributed by atoms with E-state index < -0.39 is 0 Å². The lowest BCUT2D eigenvalue weighted by Crippen LogP contribution is -2.21. The summed E-state index contributed by atoms with van der Waals surface area (Å²) >= 11 is 7.34. The maximum atomic E-state index is 5.57. The summed E-state index contributed by atoms with van der Waals surface area (Å²) in [6, 6.07) is 4.01. The molecular weight excluding hydrogens is 376 g/mol. The van der Waals surface area contributed by atoms with Crippen LogP contribution in [0, 0.1) is 5.92 Å². The van der Waals surface area contributed by atoms with Crippen LogP contribution in [0.2, 0.25) is 0 Å². The van der Waals surface area contributed by atoms with Crippen molar-refractivity contribution >= 4 is 31.9 Å². The van der Waals surface area contributed by atoms with Crippen LogP contribution in [0.3, 0.4) is 0 Å². The minimum absolute atomic E-state index is 0.227. The minimum atomic E-state index is 0.227. The fourth-order valence-corrected chi connectivity index (χ4v) is 3.85. The fourth-order valence-electron chi connectivity index (χ4n) is 2.39.